The quantitative estimate of drug-likeness (QED) is 0.568. The van der Waals surface area contributed by atoms with Gasteiger partial charge in [-0.25, -0.2) is 0 Å². The Labute approximate surface area is 109 Å². The Morgan fingerprint density at radius 1 is 1.33 bits per heavy atom. The lowest BCUT2D eigenvalue weighted by molar-refractivity contribution is -0.155. The molecule has 18 heavy (non-hydrogen) atoms. The van der Waals surface area contributed by atoms with Crippen molar-refractivity contribution in [1.29, 1.82) is 0 Å². The predicted octanol–water partition coefficient (Wildman–Crippen LogP) is 2.70. The van der Waals surface area contributed by atoms with E-state index in [2.05, 4.69) is 12.2 Å². The van der Waals surface area contributed by atoms with Crippen molar-refractivity contribution in [1.82, 2.24) is 0 Å². The molecule has 3 rings (SSSR count). The summed E-state index contributed by atoms with van der Waals surface area (Å²) in [6.45, 7) is 0.448. The van der Waals surface area contributed by atoms with Gasteiger partial charge in [-0.2, -0.15) is 0 Å². The smallest absolute Gasteiger partial charge is 0.309 e. The minimum absolute atomic E-state index is 0.00308. The van der Waals surface area contributed by atoms with E-state index in [1.54, 1.807) is 7.11 Å². The van der Waals surface area contributed by atoms with Gasteiger partial charge >= 0.3 is 5.97 Å². The van der Waals surface area contributed by atoms with E-state index >= 15 is 0 Å². The Morgan fingerprint density at radius 3 is 2.83 bits per heavy atom. The molecular weight excluding hydrogens is 228 g/mol. The molecule has 3 atom stereocenters. The van der Waals surface area contributed by atoms with Crippen LogP contribution in [0.1, 0.15) is 38.5 Å². The third-order valence-electron chi connectivity index (χ3n) is 4.77. The first kappa shape index (κ1) is 12.2. The molecule has 0 heterocycles. The minimum atomic E-state index is -0.139. The minimum Gasteiger partial charge on any atom is -0.462 e. The van der Waals surface area contributed by atoms with Crippen molar-refractivity contribution < 1.29 is 14.3 Å². The van der Waals surface area contributed by atoms with Crippen LogP contribution in [0.5, 0.6) is 0 Å². The highest BCUT2D eigenvalue weighted by atomic mass is 16.6. The summed E-state index contributed by atoms with van der Waals surface area (Å²) in [7, 11) is 1.70. The second-order valence-corrected chi connectivity index (χ2v) is 6.19. The fourth-order valence-electron chi connectivity index (χ4n) is 3.36. The number of rotatable bonds is 4. The molecule has 2 saturated carbocycles. The lowest BCUT2D eigenvalue weighted by atomic mass is 9.71. The van der Waals surface area contributed by atoms with Gasteiger partial charge in [0.1, 0.15) is 12.2 Å². The van der Waals surface area contributed by atoms with Crippen LogP contribution in [0.15, 0.2) is 12.2 Å². The summed E-state index contributed by atoms with van der Waals surface area (Å²) in [5.74, 6) is 1.42. The molecule has 3 heteroatoms. The van der Waals surface area contributed by atoms with Crippen molar-refractivity contribution in [2.45, 2.75) is 44.1 Å². The molecule has 0 saturated heterocycles. The van der Waals surface area contributed by atoms with E-state index in [9.17, 15) is 4.79 Å². The fraction of sp³-hybridized carbons (Fsp3) is 0.800. The standard InChI is InChI=1S/C15H22O3/c1-17-15(5-6-15)10-18-14(16)13-8-11-3-2-4-12(7-11)9-13/h2-3,11-13H,4-10H2,1H3/t11-,12+,13-/m0/s1. The SMILES string of the molecule is COC1(COC(=O)[C@H]2C[C@H]3C=CC[C@H](C3)C2)CC1. The van der Waals surface area contributed by atoms with Crippen molar-refractivity contribution in [3.63, 3.8) is 0 Å². The number of carbonyl (C=O) groups is 1. The highest BCUT2D eigenvalue weighted by molar-refractivity contribution is 5.72. The molecule has 0 aliphatic heterocycles. The number of esters is 1. The summed E-state index contributed by atoms with van der Waals surface area (Å²) in [4.78, 5) is 12.1. The normalized spacial score (nSPS) is 36.2. The van der Waals surface area contributed by atoms with Gasteiger partial charge in [-0.05, 0) is 50.4 Å². The molecule has 0 amide bonds. The van der Waals surface area contributed by atoms with Crippen molar-refractivity contribution in [3.05, 3.63) is 12.2 Å². The molecular formula is C15H22O3. The van der Waals surface area contributed by atoms with Crippen LogP contribution in [0, 0.1) is 17.8 Å². The first-order valence-corrected chi connectivity index (χ1v) is 7.09. The average Bonchev–Trinajstić information content (AvgIpc) is 3.16. The summed E-state index contributed by atoms with van der Waals surface area (Å²) >= 11 is 0. The maximum Gasteiger partial charge on any atom is 0.309 e. The molecule has 2 fully saturated rings. The number of ether oxygens (including phenoxy) is 2. The van der Waals surface area contributed by atoms with Crippen LogP contribution in [-0.2, 0) is 14.3 Å². The van der Waals surface area contributed by atoms with Gasteiger partial charge in [0.2, 0.25) is 0 Å². The first-order valence-electron chi connectivity index (χ1n) is 7.09. The summed E-state index contributed by atoms with van der Waals surface area (Å²) in [6.07, 6.45) is 11.0. The van der Waals surface area contributed by atoms with Gasteiger partial charge < -0.3 is 9.47 Å². The van der Waals surface area contributed by atoms with E-state index in [1.165, 1.54) is 6.42 Å². The molecule has 2 bridgehead atoms. The van der Waals surface area contributed by atoms with Gasteiger partial charge in [-0.1, -0.05) is 12.2 Å². The number of carbonyl (C=O) groups excluding carboxylic acids is 1. The molecule has 0 aromatic carbocycles. The van der Waals surface area contributed by atoms with Crippen molar-refractivity contribution >= 4 is 5.97 Å². The zero-order valence-corrected chi connectivity index (χ0v) is 11.1. The van der Waals surface area contributed by atoms with Crippen molar-refractivity contribution in [2.24, 2.45) is 17.8 Å². The maximum absolute atomic E-state index is 12.1. The molecule has 3 aliphatic rings. The molecule has 3 nitrogen and oxygen atoms in total. The topological polar surface area (TPSA) is 35.5 Å². The van der Waals surface area contributed by atoms with E-state index in [1.807, 2.05) is 0 Å². The molecule has 0 unspecified atom stereocenters. The van der Waals surface area contributed by atoms with Crippen LogP contribution < -0.4 is 0 Å². The van der Waals surface area contributed by atoms with E-state index in [-0.39, 0.29) is 17.5 Å². The number of hydrogen-bond acceptors (Lipinski definition) is 3. The van der Waals surface area contributed by atoms with E-state index in [0.29, 0.717) is 18.4 Å². The van der Waals surface area contributed by atoms with Crippen molar-refractivity contribution in [2.75, 3.05) is 13.7 Å². The summed E-state index contributed by atoms with van der Waals surface area (Å²) in [6, 6.07) is 0. The van der Waals surface area contributed by atoms with Gasteiger partial charge in [-0.3, -0.25) is 4.79 Å². The fourth-order valence-corrected chi connectivity index (χ4v) is 3.36. The number of hydrogen-bond donors (Lipinski definition) is 0. The maximum atomic E-state index is 12.1. The molecule has 0 aromatic rings. The van der Waals surface area contributed by atoms with E-state index in [4.69, 9.17) is 9.47 Å². The summed E-state index contributed by atoms with van der Waals surface area (Å²) < 4.78 is 10.8. The Bertz CT molecular complexity index is 357. The summed E-state index contributed by atoms with van der Waals surface area (Å²) in [5, 5.41) is 0. The Kier molecular flexibility index (Phi) is 3.18. The predicted molar refractivity (Wildman–Crippen MR) is 68.0 cm³/mol. The highest BCUT2D eigenvalue weighted by Crippen LogP contribution is 2.41. The van der Waals surface area contributed by atoms with Crippen LogP contribution in [0.4, 0.5) is 0 Å². The van der Waals surface area contributed by atoms with Gasteiger partial charge in [0.15, 0.2) is 0 Å². The molecule has 0 radical (unpaired) electrons. The number of fused-ring (bicyclic) bond motifs is 2. The summed E-state index contributed by atoms with van der Waals surface area (Å²) in [5.41, 5.74) is -0.139. The Morgan fingerprint density at radius 2 is 2.17 bits per heavy atom. The largest absolute Gasteiger partial charge is 0.462 e. The van der Waals surface area contributed by atoms with Gasteiger partial charge in [0.05, 0.1) is 5.92 Å². The second kappa shape index (κ2) is 4.69. The van der Waals surface area contributed by atoms with Gasteiger partial charge in [0, 0.05) is 7.11 Å². The number of allylic oxidation sites excluding steroid dienone is 2. The molecule has 0 N–H and O–H groups in total. The number of methoxy groups -OCH3 is 1. The zero-order valence-electron chi connectivity index (χ0n) is 11.1. The van der Waals surface area contributed by atoms with Crippen LogP contribution >= 0.6 is 0 Å². The lowest BCUT2D eigenvalue weighted by Gasteiger charge is -2.34. The molecule has 0 spiro atoms. The Hall–Kier alpha value is -0.830. The zero-order chi connectivity index (χ0) is 12.6. The third kappa shape index (κ3) is 2.46. The average molecular weight is 250 g/mol. The van der Waals surface area contributed by atoms with E-state index < -0.39 is 0 Å². The highest BCUT2D eigenvalue weighted by Gasteiger charge is 2.45. The van der Waals surface area contributed by atoms with Crippen LogP contribution in [0.2, 0.25) is 0 Å². The second-order valence-electron chi connectivity index (χ2n) is 6.19. The molecule has 100 valence electrons. The van der Waals surface area contributed by atoms with Gasteiger partial charge in [-0.15, -0.1) is 0 Å². The van der Waals surface area contributed by atoms with Crippen LogP contribution in [0.25, 0.3) is 0 Å². The molecule has 3 aliphatic carbocycles. The monoisotopic (exact) mass is 250 g/mol. The Balaban J connectivity index is 1.52. The molecule has 0 aromatic heterocycles. The van der Waals surface area contributed by atoms with Crippen LogP contribution in [0.3, 0.4) is 0 Å². The van der Waals surface area contributed by atoms with Crippen molar-refractivity contribution in [3.8, 4) is 0 Å². The third-order valence-corrected chi connectivity index (χ3v) is 4.77. The lowest BCUT2D eigenvalue weighted by Crippen LogP contribution is -2.32. The van der Waals surface area contributed by atoms with Gasteiger partial charge in [0.25, 0.3) is 0 Å². The van der Waals surface area contributed by atoms with E-state index in [0.717, 1.165) is 32.1 Å². The van der Waals surface area contributed by atoms with Crippen LogP contribution in [-0.4, -0.2) is 25.3 Å². The first-order chi connectivity index (χ1) is 8.71.